The molecule has 0 aromatic heterocycles. The number of hydrogen-bond acceptors (Lipinski definition) is 3. The van der Waals surface area contributed by atoms with Crippen LogP contribution in [-0.4, -0.2) is 43.7 Å². The Morgan fingerprint density at radius 1 is 1.50 bits per heavy atom. The molecular formula is C14H28N2O2. The molecule has 1 rings (SSSR count). The average molecular weight is 256 g/mol. The number of carbonyl (C=O) groups excluding carboxylic acids is 1. The van der Waals surface area contributed by atoms with Crippen LogP contribution in [0.2, 0.25) is 0 Å². The fraction of sp³-hybridized carbons (Fsp3) is 0.929. The quantitative estimate of drug-likeness (QED) is 0.753. The molecule has 4 nitrogen and oxygen atoms in total. The van der Waals surface area contributed by atoms with Crippen molar-refractivity contribution in [3.05, 3.63) is 0 Å². The van der Waals surface area contributed by atoms with E-state index in [4.69, 9.17) is 10.5 Å². The second kappa shape index (κ2) is 7.74. The molecule has 1 fully saturated rings. The van der Waals surface area contributed by atoms with Gasteiger partial charge in [-0.1, -0.05) is 13.8 Å². The first-order valence-electron chi connectivity index (χ1n) is 7.08. The van der Waals surface area contributed by atoms with Crippen LogP contribution >= 0.6 is 0 Å². The van der Waals surface area contributed by atoms with Crippen molar-refractivity contribution < 1.29 is 9.53 Å². The molecule has 2 N–H and O–H groups in total. The van der Waals surface area contributed by atoms with Gasteiger partial charge in [-0.05, 0) is 37.6 Å². The molecule has 0 aromatic carbocycles. The van der Waals surface area contributed by atoms with E-state index in [1.165, 1.54) is 0 Å². The molecule has 0 spiro atoms. The predicted octanol–water partition coefficient (Wildman–Crippen LogP) is 1.63. The first kappa shape index (κ1) is 15.4. The molecule has 18 heavy (non-hydrogen) atoms. The zero-order chi connectivity index (χ0) is 13.5. The molecule has 1 heterocycles. The number of amides is 1. The van der Waals surface area contributed by atoms with E-state index < -0.39 is 0 Å². The highest BCUT2D eigenvalue weighted by Gasteiger charge is 2.22. The summed E-state index contributed by atoms with van der Waals surface area (Å²) in [5.74, 6) is 1.10. The minimum absolute atomic E-state index is 0.196. The number of hydrogen-bond donors (Lipinski definition) is 1. The van der Waals surface area contributed by atoms with Crippen molar-refractivity contribution in [1.82, 2.24) is 4.90 Å². The Bertz CT molecular complexity index is 250. The molecule has 1 aliphatic rings. The van der Waals surface area contributed by atoms with Crippen LogP contribution in [0.15, 0.2) is 0 Å². The smallest absolute Gasteiger partial charge is 0.222 e. The van der Waals surface area contributed by atoms with E-state index in [-0.39, 0.29) is 12.0 Å². The maximum atomic E-state index is 12.1. The second-order valence-electron chi connectivity index (χ2n) is 5.84. The third kappa shape index (κ3) is 5.36. The Kier molecular flexibility index (Phi) is 6.65. The summed E-state index contributed by atoms with van der Waals surface area (Å²) in [5.41, 5.74) is 5.74. The number of ether oxygens (including phenoxy) is 1. The van der Waals surface area contributed by atoms with Gasteiger partial charge < -0.3 is 15.4 Å². The first-order chi connectivity index (χ1) is 8.52. The highest BCUT2D eigenvalue weighted by atomic mass is 16.5. The van der Waals surface area contributed by atoms with Crippen molar-refractivity contribution in [3.63, 3.8) is 0 Å². The predicted molar refractivity (Wildman–Crippen MR) is 73.2 cm³/mol. The van der Waals surface area contributed by atoms with E-state index in [1.54, 1.807) is 4.90 Å². The number of rotatable bonds is 7. The van der Waals surface area contributed by atoms with Gasteiger partial charge in [0, 0.05) is 26.6 Å². The fourth-order valence-corrected chi connectivity index (χ4v) is 2.53. The summed E-state index contributed by atoms with van der Waals surface area (Å²) >= 11 is 0. The molecule has 0 bridgehead atoms. The molecule has 2 atom stereocenters. The van der Waals surface area contributed by atoms with Crippen LogP contribution in [0.25, 0.3) is 0 Å². The molecule has 0 aromatic rings. The average Bonchev–Trinajstić information content (AvgIpc) is 2.80. The Hall–Kier alpha value is -0.610. The van der Waals surface area contributed by atoms with E-state index >= 15 is 0 Å². The molecule has 106 valence electrons. The van der Waals surface area contributed by atoms with E-state index in [9.17, 15) is 4.79 Å². The minimum atomic E-state index is 0.196. The fourth-order valence-electron chi connectivity index (χ4n) is 2.53. The molecule has 0 aliphatic carbocycles. The maximum Gasteiger partial charge on any atom is 0.222 e. The van der Waals surface area contributed by atoms with Gasteiger partial charge in [0.05, 0.1) is 6.10 Å². The van der Waals surface area contributed by atoms with Crippen LogP contribution in [0.4, 0.5) is 0 Å². The van der Waals surface area contributed by atoms with E-state index in [0.29, 0.717) is 24.8 Å². The third-order valence-electron chi connectivity index (χ3n) is 3.53. The number of nitrogens with zero attached hydrogens (tertiary/aromatic N) is 1. The maximum absolute atomic E-state index is 12.1. The standard InChI is InChI=1S/C14H28N2O2/c1-11(2)7-12(9-15)8-14(17)16(3)10-13-5-4-6-18-13/h11-13H,4-10,15H2,1-3H3/t12-,13?/m0/s1. The Labute approximate surface area is 111 Å². The summed E-state index contributed by atoms with van der Waals surface area (Å²) in [7, 11) is 1.87. The van der Waals surface area contributed by atoms with E-state index in [0.717, 1.165) is 32.4 Å². The van der Waals surface area contributed by atoms with Crippen LogP contribution in [0, 0.1) is 11.8 Å². The highest BCUT2D eigenvalue weighted by molar-refractivity contribution is 5.76. The van der Waals surface area contributed by atoms with Gasteiger partial charge in [0.25, 0.3) is 0 Å². The van der Waals surface area contributed by atoms with Crippen LogP contribution in [0.1, 0.15) is 39.5 Å². The minimum Gasteiger partial charge on any atom is -0.376 e. The van der Waals surface area contributed by atoms with Crippen LogP contribution in [-0.2, 0) is 9.53 Å². The van der Waals surface area contributed by atoms with Gasteiger partial charge in [0.1, 0.15) is 0 Å². The van der Waals surface area contributed by atoms with Crippen molar-refractivity contribution in [1.29, 1.82) is 0 Å². The Morgan fingerprint density at radius 2 is 2.22 bits per heavy atom. The lowest BCUT2D eigenvalue weighted by Crippen LogP contribution is -2.36. The van der Waals surface area contributed by atoms with Gasteiger partial charge in [0.2, 0.25) is 5.91 Å². The lowest BCUT2D eigenvalue weighted by Gasteiger charge is -2.24. The molecule has 0 saturated carbocycles. The number of likely N-dealkylation sites (N-methyl/N-ethyl adjacent to an activating group) is 1. The van der Waals surface area contributed by atoms with Crippen LogP contribution in [0.5, 0.6) is 0 Å². The molecule has 0 radical (unpaired) electrons. The lowest BCUT2D eigenvalue weighted by atomic mass is 9.94. The molecular weight excluding hydrogens is 228 g/mol. The molecule has 1 unspecified atom stereocenters. The van der Waals surface area contributed by atoms with Gasteiger partial charge in [-0.15, -0.1) is 0 Å². The summed E-state index contributed by atoms with van der Waals surface area (Å²) in [6.07, 6.45) is 4.02. The lowest BCUT2D eigenvalue weighted by molar-refractivity contribution is -0.132. The van der Waals surface area contributed by atoms with E-state index in [2.05, 4.69) is 13.8 Å². The summed E-state index contributed by atoms with van der Waals surface area (Å²) in [6, 6.07) is 0. The molecule has 1 aliphatic heterocycles. The zero-order valence-corrected chi connectivity index (χ0v) is 12.0. The van der Waals surface area contributed by atoms with Gasteiger partial charge in [-0.2, -0.15) is 0 Å². The first-order valence-corrected chi connectivity index (χ1v) is 7.08. The number of carbonyl (C=O) groups is 1. The molecule has 1 amide bonds. The summed E-state index contributed by atoms with van der Waals surface area (Å²) in [6.45, 7) is 6.49. The number of nitrogens with two attached hydrogens (primary N) is 1. The van der Waals surface area contributed by atoms with Crippen LogP contribution in [0.3, 0.4) is 0 Å². The molecule has 4 heteroatoms. The summed E-state index contributed by atoms with van der Waals surface area (Å²) in [5, 5.41) is 0. The van der Waals surface area contributed by atoms with Crippen LogP contribution < -0.4 is 5.73 Å². The highest BCUT2D eigenvalue weighted by Crippen LogP contribution is 2.17. The van der Waals surface area contributed by atoms with Crippen molar-refractivity contribution in [2.75, 3.05) is 26.7 Å². The van der Waals surface area contributed by atoms with Gasteiger partial charge in [0.15, 0.2) is 0 Å². The van der Waals surface area contributed by atoms with Crippen molar-refractivity contribution >= 4 is 5.91 Å². The van der Waals surface area contributed by atoms with Gasteiger partial charge in [-0.25, -0.2) is 0 Å². The summed E-state index contributed by atoms with van der Waals surface area (Å²) in [4.78, 5) is 13.9. The largest absolute Gasteiger partial charge is 0.376 e. The van der Waals surface area contributed by atoms with E-state index in [1.807, 2.05) is 7.05 Å². The SMILES string of the molecule is CC(C)C[C@H](CN)CC(=O)N(C)CC1CCCO1. The Morgan fingerprint density at radius 3 is 2.72 bits per heavy atom. The van der Waals surface area contributed by atoms with Crippen molar-refractivity contribution in [2.45, 2.75) is 45.6 Å². The molecule has 1 saturated heterocycles. The van der Waals surface area contributed by atoms with Crippen molar-refractivity contribution in [2.24, 2.45) is 17.6 Å². The van der Waals surface area contributed by atoms with Gasteiger partial charge in [-0.3, -0.25) is 4.79 Å². The Balaban J connectivity index is 2.32. The topological polar surface area (TPSA) is 55.6 Å². The second-order valence-corrected chi connectivity index (χ2v) is 5.84. The third-order valence-corrected chi connectivity index (χ3v) is 3.53. The van der Waals surface area contributed by atoms with Gasteiger partial charge >= 0.3 is 0 Å². The monoisotopic (exact) mass is 256 g/mol. The van der Waals surface area contributed by atoms with Crippen molar-refractivity contribution in [3.8, 4) is 0 Å². The zero-order valence-electron chi connectivity index (χ0n) is 12.0. The summed E-state index contributed by atoms with van der Waals surface area (Å²) < 4.78 is 5.55. The normalized spacial score (nSPS) is 21.3.